The Balaban J connectivity index is 1.76. The molecule has 0 bridgehead atoms. The number of benzene rings is 1. The lowest BCUT2D eigenvalue weighted by Crippen LogP contribution is -2.44. The zero-order valence-corrected chi connectivity index (χ0v) is 19.9. The molecule has 3 heterocycles. The standard InChI is InChI=1S/C22H32N4O6S/c1-31-19-10-15-16(11-20(19)32-2)23-21(24-22(15)25-6-4-3-5-7-25)12-26(8-9-27)17-13-33(29,30)14-18(17)28/h10-11,17-18,27-28H,3-9,12-14H2,1-2H3/t17-,18+/m1/s1. The van der Waals surface area contributed by atoms with E-state index in [9.17, 15) is 18.6 Å². The molecule has 2 atom stereocenters. The van der Waals surface area contributed by atoms with E-state index in [1.807, 2.05) is 12.1 Å². The Bertz CT molecular complexity index is 1090. The van der Waals surface area contributed by atoms with Gasteiger partial charge in [0, 0.05) is 31.1 Å². The topological polar surface area (TPSA) is 125 Å². The van der Waals surface area contributed by atoms with E-state index < -0.39 is 22.0 Å². The maximum absolute atomic E-state index is 12.1. The summed E-state index contributed by atoms with van der Waals surface area (Å²) >= 11 is 0. The van der Waals surface area contributed by atoms with Gasteiger partial charge < -0.3 is 24.6 Å². The van der Waals surface area contributed by atoms with E-state index in [0.29, 0.717) is 22.8 Å². The van der Waals surface area contributed by atoms with Gasteiger partial charge in [-0.15, -0.1) is 0 Å². The molecule has 0 spiro atoms. The maximum Gasteiger partial charge on any atom is 0.162 e. The molecule has 0 radical (unpaired) electrons. The van der Waals surface area contributed by atoms with Gasteiger partial charge in [-0.3, -0.25) is 4.90 Å². The Labute approximate surface area is 194 Å². The van der Waals surface area contributed by atoms with Gasteiger partial charge in [-0.1, -0.05) is 0 Å². The fraction of sp³-hybridized carbons (Fsp3) is 0.636. The van der Waals surface area contributed by atoms with Crippen molar-refractivity contribution in [1.29, 1.82) is 0 Å². The van der Waals surface area contributed by atoms with Crippen LogP contribution in [0.15, 0.2) is 12.1 Å². The molecule has 2 aliphatic heterocycles. The van der Waals surface area contributed by atoms with Gasteiger partial charge in [-0.2, -0.15) is 0 Å². The van der Waals surface area contributed by atoms with Gasteiger partial charge in [0.1, 0.15) is 11.6 Å². The molecule has 2 N–H and O–H groups in total. The summed E-state index contributed by atoms with van der Waals surface area (Å²) in [4.78, 5) is 13.6. The van der Waals surface area contributed by atoms with Crippen LogP contribution in [0.25, 0.3) is 10.9 Å². The number of rotatable bonds is 8. The maximum atomic E-state index is 12.1. The molecule has 0 aliphatic carbocycles. The number of piperidine rings is 1. The number of anilines is 1. The van der Waals surface area contributed by atoms with E-state index in [-0.39, 0.29) is 31.2 Å². The Morgan fingerprint density at radius 3 is 2.39 bits per heavy atom. The molecule has 0 saturated carbocycles. The third-order valence-corrected chi connectivity index (χ3v) is 8.08. The summed E-state index contributed by atoms with van der Waals surface area (Å²) in [6.45, 7) is 2.03. The lowest BCUT2D eigenvalue weighted by atomic mass is 10.1. The number of nitrogens with zero attached hydrogens (tertiary/aromatic N) is 4. The van der Waals surface area contributed by atoms with Gasteiger partial charge in [0.15, 0.2) is 21.3 Å². The number of aromatic nitrogens is 2. The van der Waals surface area contributed by atoms with Gasteiger partial charge in [0.25, 0.3) is 0 Å². The Morgan fingerprint density at radius 2 is 1.79 bits per heavy atom. The summed E-state index contributed by atoms with van der Waals surface area (Å²) in [5.41, 5.74) is 0.696. The van der Waals surface area contributed by atoms with Crippen LogP contribution < -0.4 is 14.4 Å². The average Bonchev–Trinajstić information content (AvgIpc) is 3.09. The van der Waals surface area contributed by atoms with E-state index in [2.05, 4.69) is 4.90 Å². The van der Waals surface area contributed by atoms with Crippen LogP contribution in [0.3, 0.4) is 0 Å². The first kappa shape index (κ1) is 23.9. The van der Waals surface area contributed by atoms with Crippen LogP contribution in [-0.2, 0) is 16.4 Å². The zero-order valence-electron chi connectivity index (χ0n) is 19.1. The van der Waals surface area contributed by atoms with Crippen molar-refractivity contribution in [3.05, 3.63) is 18.0 Å². The largest absolute Gasteiger partial charge is 0.493 e. The first-order chi connectivity index (χ1) is 15.8. The molecule has 182 valence electrons. The zero-order chi connectivity index (χ0) is 23.6. The molecule has 0 amide bonds. The molecule has 11 heteroatoms. The second-order valence-electron chi connectivity index (χ2n) is 8.64. The summed E-state index contributed by atoms with van der Waals surface area (Å²) in [7, 11) is -0.168. The average molecular weight is 481 g/mol. The summed E-state index contributed by atoms with van der Waals surface area (Å²) in [5.74, 6) is 2.05. The quantitative estimate of drug-likeness (QED) is 0.554. The number of methoxy groups -OCH3 is 2. The van der Waals surface area contributed by atoms with Crippen molar-refractivity contribution >= 4 is 26.6 Å². The SMILES string of the molecule is COc1cc2nc(CN(CCO)[C@@H]3CS(=O)(=O)C[C@@H]3O)nc(N3CCCCC3)c2cc1OC. The number of fused-ring (bicyclic) bond motifs is 1. The molecule has 1 aromatic heterocycles. The van der Waals surface area contributed by atoms with Crippen molar-refractivity contribution in [3.8, 4) is 11.5 Å². The Kier molecular flexibility index (Phi) is 7.22. The van der Waals surface area contributed by atoms with Crippen molar-refractivity contribution < 1.29 is 28.1 Å². The lowest BCUT2D eigenvalue weighted by Gasteiger charge is -2.31. The number of sulfone groups is 1. The molecule has 33 heavy (non-hydrogen) atoms. The number of aliphatic hydroxyl groups is 2. The highest BCUT2D eigenvalue weighted by Crippen LogP contribution is 2.36. The van der Waals surface area contributed by atoms with E-state index in [4.69, 9.17) is 19.4 Å². The number of ether oxygens (including phenoxy) is 2. The first-order valence-electron chi connectivity index (χ1n) is 11.3. The Hall–Kier alpha value is -2.21. The van der Waals surface area contributed by atoms with Gasteiger partial charge in [0.05, 0.1) is 56.5 Å². The van der Waals surface area contributed by atoms with Crippen LogP contribution in [0.1, 0.15) is 25.1 Å². The van der Waals surface area contributed by atoms with Gasteiger partial charge in [-0.25, -0.2) is 18.4 Å². The predicted molar refractivity (Wildman–Crippen MR) is 125 cm³/mol. The summed E-state index contributed by atoms with van der Waals surface area (Å²) in [6.07, 6.45) is 2.34. The van der Waals surface area contributed by atoms with E-state index in [1.54, 1.807) is 19.1 Å². The minimum absolute atomic E-state index is 0.147. The number of aliphatic hydroxyl groups excluding tert-OH is 2. The predicted octanol–water partition coefficient (Wildman–Crippen LogP) is 0.590. The third kappa shape index (κ3) is 5.16. The molecular formula is C22H32N4O6S. The number of hydrogen-bond donors (Lipinski definition) is 2. The smallest absolute Gasteiger partial charge is 0.162 e. The van der Waals surface area contributed by atoms with Crippen LogP contribution in [0.4, 0.5) is 5.82 Å². The van der Waals surface area contributed by atoms with Gasteiger partial charge in [-0.05, 0) is 25.3 Å². The van der Waals surface area contributed by atoms with Crippen molar-refractivity contribution in [3.63, 3.8) is 0 Å². The molecule has 2 aromatic rings. The normalized spacial score (nSPS) is 22.8. The van der Waals surface area contributed by atoms with Crippen LogP contribution >= 0.6 is 0 Å². The molecule has 4 rings (SSSR count). The summed E-state index contributed by atoms with van der Waals surface area (Å²) in [6, 6.07) is 3.10. The monoisotopic (exact) mass is 480 g/mol. The minimum Gasteiger partial charge on any atom is -0.493 e. The van der Waals surface area contributed by atoms with Crippen LogP contribution in [-0.4, -0.2) is 97.6 Å². The van der Waals surface area contributed by atoms with Gasteiger partial charge >= 0.3 is 0 Å². The molecule has 2 fully saturated rings. The molecule has 2 aliphatic rings. The highest BCUT2D eigenvalue weighted by atomic mass is 32.2. The summed E-state index contributed by atoms with van der Waals surface area (Å²) in [5, 5.41) is 20.8. The molecular weight excluding hydrogens is 448 g/mol. The van der Waals surface area contributed by atoms with E-state index >= 15 is 0 Å². The second-order valence-corrected chi connectivity index (χ2v) is 10.8. The number of hydrogen-bond acceptors (Lipinski definition) is 10. The lowest BCUT2D eigenvalue weighted by molar-refractivity contribution is 0.0640. The van der Waals surface area contributed by atoms with Crippen molar-refractivity contribution in [2.45, 2.75) is 38.0 Å². The van der Waals surface area contributed by atoms with Crippen LogP contribution in [0.2, 0.25) is 0 Å². The minimum atomic E-state index is -3.33. The van der Waals surface area contributed by atoms with Crippen LogP contribution in [0.5, 0.6) is 11.5 Å². The fourth-order valence-corrected chi connectivity index (χ4v) is 6.57. The first-order valence-corrected chi connectivity index (χ1v) is 13.1. The molecule has 2 saturated heterocycles. The van der Waals surface area contributed by atoms with E-state index in [1.165, 1.54) is 6.42 Å². The van der Waals surface area contributed by atoms with Crippen molar-refractivity contribution in [2.75, 3.05) is 56.9 Å². The van der Waals surface area contributed by atoms with Crippen molar-refractivity contribution in [1.82, 2.24) is 14.9 Å². The van der Waals surface area contributed by atoms with Gasteiger partial charge in [0.2, 0.25) is 0 Å². The fourth-order valence-electron chi connectivity index (χ4n) is 4.74. The van der Waals surface area contributed by atoms with E-state index in [0.717, 1.165) is 37.1 Å². The van der Waals surface area contributed by atoms with Crippen molar-refractivity contribution in [2.24, 2.45) is 0 Å². The third-order valence-electron chi connectivity index (χ3n) is 6.38. The van der Waals surface area contributed by atoms with Crippen LogP contribution in [0, 0.1) is 0 Å². The molecule has 10 nitrogen and oxygen atoms in total. The highest BCUT2D eigenvalue weighted by Gasteiger charge is 2.40. The molecule has 1 aromatic carbocycles. The highest BCUT2D eigenvalue weighted by molar-refractivity contribution is 7.91. The Morgan fingerprint density at radius 1 is 1.09 bits per heavy atom. The summed E-state index contributed by atoms with van der Waals surface area (Å²) < 4.78 is 35.1. The second kappa shape index (κ2) is 9.96. The molecule has 0 unspecified atom stereocenters.